The van der Waals surface area contributed by atoms with Gasteiger partial charge in [-0.3, -0.25) is 0 Å². The summed E-state index contributed by atoms with van der Waals surface area (Å²) in [5.41, 5.74) is 0. The van der Waals surface area contributed by atoms with Crippen LogP contribution in [0.2, 0.25) is 0 Å². The lowest BCUT2D eigenvalue weighted by molar-refractivity contribution is 0.113. The predicted octanol–water partition coefficient (Wildman–Crippen LogP) is 4.97. The molecule has 2 aliphatic carbocycles. The molecule has 4 unspecified atom stereocenters. The summed E-state index contributed by atoms with van der Waals surface area (Å²) in [5.74, 6) is 7.02. The van der Waals surface area contributed by atoms with E-state index in [4.69, 9.17) is 0 Å². The van der Waals surface area contributed by atoms with Gasteiger partial charge in [0.15, 0.2) is 17.1 Å². The maximum Gasteiger partial charge on any atom is 0.237 e. The van der Waals surface area contributed by atoms with Crippen molar-refractivity contribution in [3.05, 3.63) is 0 Å². The molecule has 0 saturated heterocycles. The van der Waals surface area contributed by atoms with E-state index in [0.717, 1.165) is 23.7 Å². The molecule has 0 aromatic heterocycles. The summed E-state index contributed by atoms with van der Waals surface area (Å²) < 4.78 is 1.82. The Morgan fingerprint density at radius 2 is 1.95 bits per heavy atom. The van der Waals surface area contributed by atoms with Gasteiger partial charge < -0.3 is 0 Å². The van der Waals surface area contributed by atoms with Crippen LogP contribution in [0.1, 0.15) is 64.7 Å². The van der Waals surface area contributed by atoms with Gasteiger partial charge in [-0.15, -0.1) is 0 Å². The first-order valence-corrected chi connectivity index (χ1v) is 10.5. The van der Waals surface area contributed by atoms with Crippen LogP contribution in [0.25, 0.3) is 0 Å². The first-order chi connectivity index (χ1) is 9.36. The molecule has 1 heterocycles. The van der Waals surface area contributed by atoms with Gasteiger partial charge in [0.25, 0.3) is 0 Å². The molecule has 0 N–H and O–H groups in total. The summed E-state index contributed by atoms with van der Waals surface area (Å²) in [6, 6.07) is 0. The number of rotatable bonds is 3. The summed E-state index contributed by atoms with van der Waals surface area (Å²) in [6.07, 6.45) is 13.6. The Balaban J connectivity index is 1.55. The molecule has 0 nitrogen and oxygen atoms in total. The van der Waals surface area contributed by atoms with E-state index in [1.54, 1.807) is 25.7 Å². The maximum atomic E-state index is 2.36. The van der Waals surface area contributed by atoms with Crippen molar-refractivity contribution in [1.29, 1.82) is 0 Å². The molecule has 2 saturated carbocycles. The highest BCUT2D eigenvalue weighted by atomic mass is 32.2. The van der Waals surface area contributed by atoms with E-state index < -0.39 is 0 Å². The quantitative estimate of drug-likeness (QED) is 0.523. The number of hydrogen-bond acceptors (Lipinski definition) is 1. The van der Waals surface area contributed by atoms with Gasteiger partial charge in [0, 0.05) is 18.1 Å². The summed E-state index contributed by atoms with van der Waals surface area (Å²) in [6.45, 7) is 2.36. The van der Waals surface area contributed by atoms with Gasteiger partial charge in [-0.25, -0.2) is 0 Å². The Hall–Kier alpha value is 0.440. The molecule has 1 aliphatic heterocycles. The zero-order chi connectivity index (χ0) is 13.1. The van der Waals surface area contributed by atoms with Gasteiger partial charge in [-0.2, -0.15) is 0 Å². The molecule has 3 rings (SSSR count). The Kier molecular flexibility index (Phi) is 5.25. The first kappa shape index (κ1) is 14.4. The van der Waals surface area contributed by atoms with Gasteiger partial charge >= 0.3 is 0 Å². The van der Waals surface area contributed by atoms with E-state index in [1.165, 1.54) is 43.6 Å². The molecule has 0 aromatic carbocycles. The molecule has 4 atom stereocenters. The van der Waals surface area contributed by atoms with Crippen LogP contribution in [0.15, 0.2) is 0 Å². The van der Waals surface area contributed by atoms with Gasteiger partial charge in [0.05, 0.1) is 0 Å². The third-order valence-corrected chi connectivity index (χ3v) is 8.46. The van der Waals surface area contributed by atoms with Crippen LogP contribution in [-0.2, 0) is 11.4 Å². The van der Waals surface area contributed by atoms with E-state index in [1.807, 2.05) is 4.20 Å². The Morgan fingerprint density at radius 3 is 2.74 bits per heavy atom. The highest BCUT2D eigenvalue weighted by Crippen LogP contribution is 2.46. The second kappa shape index (κ2) is 6.93. The number of thioether (sulfide) groups is 1. The Labute approximate surface area is 127 Å². The highest BCUT2D eigenvalue weighted by Gasteiger charge is 2.39. The minimum absolute atomic E-state index is 0.972. The molecule has 19 heavy (non-hydrogen) atoms. The van der Waals surface area contributed by atoms with Crippen LogP contribution in [-0.4, -0.2) is 15.7 Å². The van der Waals surface area contributed by atoms with Crippen LogP contribution < -0.4 is 0 Å². The monoisotopic (exact) mass is 297 g/mol. The minimum atomic E-state index is 0.972. The molecule has 108 valence electrons. The van der Waals surface area contributed by atoms with Crippen LogP contribution in [0.3, 0.4) is 0 Å². The van der Waals surface area contributed by atoms with Crippen LogP contribution >= 0.6 is 11.8 Å². The second-order valence-corrected chi connectivity index (χ2v) is 9.40. The van der Waals surface area contributed by atoms with Crippen LogP contribution in [0.4, 0.5) is 0 Å². The lowest BCUT2D eigenvalue weighted by Crippen LogP contribution is -2.33. The third-order valence-electron chi connectivity index (χ3n) is 5.53. The zero-order valence-corrected chi connectivity index (χ0v) is 14.0. The van der Waals surface area contributed by atoms with E-state index in [-0.39, 0.29) is 0 Å². The maximum absolute atomic E-state index is 2.36. The topological polar surface area (TPSA) is 0 Å². The molecule has 0 spiro atoms. The lowest BCUT2D eigenvalue weighted by Gasteiger charge is -2.41. The zero-order valence-electron chi connectivity index (χ0n) is 12.4. The average molecular weight is 298 g/mol. The Bertz CT molecular complexity index is 323. The molecular weight excluding hydrogens is 268 g/mol. The normalized spacial score (nSPS) is 39.5. The van der Waals surface area contributed by atoms with Crippen molar-refractivity contribution in [2.75, 3.05) is 11.5 Å². The van der Waals surface area contributed by atoms with E-state index in [9.17, 15) is 0 Å². The first-order valence-electron chi connectivity index (χ1n) is 8.49. The standard InChI is InChI=1S/C17H29S2/c1-2-4-13-5-6-15-12-16(8-7-14(15)11-13)17-18-9-3-10-19-17/h13-16H,2-12H2,1H3/q+1. The predicted molar refractivity (Wildman–Crippen MR) is 90.9 cm³/mol. The molecule has 0 aromatic rings. The molecule has 2 fully saturated rings. The number of fused-ring (bicyclic) bond motifs is 1. The van der Waals surface area contributed by atoms with Gasteiger partial charge in [0.2, 0.25) is 4.20 Å². The fraction of sp³-hybridized carbons (Fsp3) is 0.941. The van der Waals surface area contributed by atoms with E-state index >= 15 is 0 Å². The Morgan fingerprint density at radius 1 is 1.11 bits per heavy atom. The van der Waals surface area contributed by atoms with Crippen molar-refractivity contribution in [3.8, 4) is 0 Å². The highest BCUT2D eigenvalue weighted by molar-refractivity contribution is 8.23. The third kappa shape index (κ3) is 3.56. The largest absolute Gasteiger partial charge is 0.237 e. The summed E-state index contributed by atoms with van der Waals surface area (Å²) >= 11 is 4.39. The fourth-order valence-corrected chi connectivity index (χ4v) is 7.45. The fourth-order valence-electron chi connectivity index (χ4n) is 4.55. The van der Waals surface area contributed by atoms with Crippen molar-refractivity contribution in [3.63, 3.8) is 0 Å². The summed E-state index contributed by atoms with van der Waals surface area (Å²) in [7, 11) is 0. The molecule has 2 heteroatoms. The molecule has 0 radical (unpaired) electrons. The van der Waals surface area contributed by atoms with Crippen molar-refractivity contribution in [2.45, 2.75) is 64.7 Å². The summed E-state index contributed by atoms with van der Waals surface area (Å²) in [4.78, 5) is 0. The lowest BCUT2D eigenvalue weighted by atomic mass is 9.64. The second-order valence-electron chi connectivity index (χ2n) is 6.87. The van der Waals surface area contributed by atoms with Crippen molar-refractivity contribution < 1.29 is 0 Å². The smallest absolute Gasteiger partial charge is 0.0694 e. The van der Waals surface area contributed by atoms with E-state index in [0.29, 0.717) is 0 Å². The van der Waals surface area contributed by atoms with Gasteiger partial charge in [0.1, 0.15) is 0 Å². The molecule has 3 aliphatic rings. The van der Waals surface area contributed by atoms with E-state index in [2.05, 4.69) is 30.0 Å². The minimum Gasteiger partial charge on any atom is -0.0694 e. The van der Waals surface area contributed by atoms with Crippen LogP contribution in [0.5, 0.6) is 0 Å². The van der Waals surface area contributed by atoms with Gasteiger partial charge in [-0.1, -0.05) is 37.9 Å². The van der Waals surface area contributed by atoms with Crippen LogP contribution in [0, 0.1) is 23.7 Å². The van der Waals surface area contributed by atoms with Crippen molar-refractivity contribution in [2.24, 2.45) is 23.7 Å². The molecule has 0 bridgehead atoms. The molecular formula is C17H29S2+. The van der Waals surface area contributed by atoms with Gasteiger partial charge in [-0.05, 0) is 49.9 Å². The molecule has 0 amide bonds. The average Bonchev–Trinajstić information content (AvgIpc) is 2.48. The van der Waals surface area contributed by atoms with Crippen molar-refractivity contribution in [1.82, 2.24) is 0 Å². The SMILES string of the molecule is CCCC1CCC2CC(C3=[S+]CCCS3)CCC2C1. The number of hydrogen-bond donors (Lipinski definition) is 0. The van der Waals surface area contributed by atoms with Crippen molar-refractivity contribution >= 4 is 27.3 Å². The summed E-state index contributed by atoms with van der Waals surface area (Å²) in [5, 5.41) is 0.